The van der Waals surface area contributed by atoms with Crippen LogP contribution in [-0.4, -0.2) is 22.7 Å². The predicted molar refractivity (Wildman–Crippen MR) is 63.9 cm³/mol. The minimum Gasteiger partial charge on any atom is -0.396 e. The van der Waals surface area contributed by atoms with E-state index in [0.29, 0.717) is 0 Å². The molecule has 92 valence electrons. The van der Waals surface area contributed by atoms with Crippen LogP contribution in [-0.2, 0) is 0 Å². The van der Waals surface area contributed by atoms with E-state index in [1.807, 2.05) is 13.0 Å². The zero-order valence-corrected chi connectivity index (χ0v) is 9.81. The molecule has 1 unspecified atom stereocenters. The van der Waals surface area contributed by atoms with Crippen molar-refractivity contribution in [1.29, 1.82) is 0 Å². The number of nitrogens with one attached hydrogen (secondary N) is 1. The fourth-order valence-electron chi connectivity index (χ4n) is 2.08. The first kappa shape index (κ1) is 12.2. The molecule has 4 heteroatoms. The minimum atomic E-state index is -0.318. The van der Waals surface area contributed by atoms with Crippen LogP contribution in [0.25, 0.3) is 0 Å². The first-order valence-electron chi connectivity index (χ1n) is 5.85. The van der Waals surface area contributed by atoms with E-state index >= 15 is 0 Å². The van der Waals surface area contributed by atoms with Crippen LogP contribution in [0, 0.1) is 11.7 Å². The number of hydrogen-bond donors (Lipinski definition) is 2. The standard InChI is InChI=1S/C13H17FN2O/c1-9(13-5-3-11(14)7-15-13)16-12-4-2-10(6-12)8-17/h2-5,7,9-10,12,16-17H,6,8H2,1H3/t9?,10-,12+/m0/s1. The number of nitrogens with zero attached hydrogens (tertiary/aromatic N) is 1. The van der Waals surface area contributed by atoms with Crippen LogP contribution in [0.15, 0.2) is 30.5 Å². The van der Waals surface area contributed by atoms with E-state index in [9.17, 15) is 4.39 Å². The predicted octanol–water partition coefficient (Wildman–Crippen LogP) is 1.81. The average molecular weight is 236 g/mol. The third-order valence-electron chi connectivity index (χ3n) is 3.06. The van der Waals surface area contributed by atoms with E-state index < -0.39 is 0 Å². The van der Waals surface area contributed by atoms with Crippen molar-refractivity contribution in [3.8, 4) is 0 Å². The summed E-state index contributed by atoms with van der Waals surface area (Å²) in [6.45, 7) is 2.19. The van der Waals surface area contributed by atoms with E-state index in [2.05, 4.69) is 16.4 Å². The van der Waals surface area contributed by atoms with Crippen molar-refractivity contribution in [3.05, 3.63) is 42.0 Å². The van der Waals surface area contributed by atoms with Gasteiger partial charge in [-0.15, -0.1) is 0 Å². The zero-order valence-electron chi connectivity index (χ0n) is 9.81. The summed E-state index contributed by atoms with van der Waals surface area (Å²) in [5.74, 6) is -0.0667. The minimum absolute atomic E-state index is 0.0719. The van der Waals surface area contributed by atoms with Gasteiger partial charge in [0.1, 0.15) is 5.82 Å². The Labute approximate surface area is 100 Å². The Morgan fingerprint density at radius 2 is 2.35 bits per heavy atom. The van der Waals surface area contributed by atoms with Crippen LogP contribution in [0.3, 0.4) is 0 Å². The van der Waals surface area contributed by atoms with Crippen molar-refractivity contribution in [1.82, 2.24) is 10.3 Å². The molecule has 1 heterocycles. The number of pyridine rings is 1. The summed E-state index contributed by atoms with van der Waals surface area (Å²) < 4.78 is 12.7. The highest BCUT2D eigenvalue weighted by Crippen LogP contribution is 2.20. The fraction of sp³-hybridized carbons (Fsp3) is 0.462. The normalized spacial score (nSPS) is 25.1. The highest BCUT2D eigenvalue weighted by atomic mass is 19.1. The molecule has 1 aliphatic rings. The lowest BCUT2D eigenvalue weighted by Crippen LogP contribution is -2.29. The van der Waals surface area contributed by atoms with Crippen molar-refractivity contribution in [2.24, 2.45) is 5.92 Å². The molecule has 0 spiro atoms. The Morgan fingerprint density at radius 3 is 2.94 bits per heavy atom. The summed E-state index contributed by atoms with van der Waals surface area (Å²) in [6.07, 6.45) is 6.24. The van der Waals surface area contributed by atoms with Crippen molar-refractivity contribution >= 4 is 0 Å². The van der Waals surface area contributed by atoms with E-state index in [4.69, 9.17) is 5.11 Å². The van der Waals surface area contributed by atoms with Crippen LogP contribution in [0.2, 0.25) is 0 Å². The summed E-state index contributed by atoms with van der Waals surface area (Å²) in [7, 11) is 0. The van der Waals surface area contributed by atoms with Gasteiger partial charge in [0, 0.05) is 24.6 Å². The van der Waals surface area contributed by atoms with Crippen molar-refractivity contribution < 1.29 is 9.50 Å². The number of aromatic nitrogens is 1. The lowest BCUT2D eigenvalue weighted by molar-refractivity contribution is 0.245. The van der Waals surface area contributed by atoms with Gasteiger partial charge in [-0.05, 0) is 25.5 Å². The summed E-state index contributed by atoms with van der Waals surface area (Å²) in [6, 6.07) is 3.44. The lowest BCUT2D eigenvalue weighted by atomic mass is 10.1. The summed E-state index contributed by atoms with van der Waals surface area (Å²) in [5.41, 5.74) is 0.826. The van der Waals surface area contributed by atoms with Crippen LogP contribution in [0.5, 0.6) is 0 Å². The zero-order chi connectivity index (χ0) is 12.3. The van der Waals surface area contributed by atoms with Gasteiger partial charge in [-0.25, -0.2) is 4.39 Å². The molecule has 1 aliphatic carbocycles. The number of rotatable bonds is 4. The van der Waals surface area contributed by atoms with Crippen LogP contribution in [0.1, 0.15) is 25.1 Å². The van der Waals surface area contributed by atoms with Crippen molar-refractivity contribution in [2.45, 2.75) is 25.4 Å². The molecule has 0 aromatic carbocycles. The van der Waals surface area contributed by atoms with Gasteiger partial charge in [0.05, 0.1) is 11.9 Å². The molecule has 0 bridgehead atoms. The number of hydrogen-bond acceptors (Lipinski definition) is 3. The van der Waals surface area contributed by atoms with Crippen molar-refractivity contribution in [2.75, 3.05) is 6.61 Å². The molecule has 3 nitrogen and oxygen atoms in total. The number of aliphatic hydroxyl groups is 1. The smallest absolute Gasteiger partial charge is 0.141 e. The second-order valence-electron chi connectivity index (χ2n) is 4.46. The number of aliphatic hydroxyl groups excluding tert-OH is 1. The van der Waals surface area contributed by atoms with Gasteiger partial charge in [0.25, 0.3) is 0 Å². The van der Waals surface area contributed by atoms with E-state index in [1.165, 1.54) is 12.3 Å². The molecule has 0 amide bonds. The Morgan fingerprint density at radius 1 is 1.53 bits per heavy atom. The fourth-order valence-corrected chi connectivity index (χ4v) is 2.08. The topological polar surface area (TPSA) is 45.1 Å². The van der Waals surface area contributed by atoms with Gasteiger partial charge in [0.15, 0.2) is 0 Å². The average Bonchev–Trinajstić information content (AvgIpc) is 2.77. The van der Waals surface area contributed by atoms with Crippen LogP contribution < -0.4 is 5.32 Å². The van der Waals surface area contributed by atoms with Crippen molar-refractivity contribution in [3.63, 3.8) is 0 Å². The highest BCUT2D eigenvalue weighted by Gasteiger charge is 2.20. The maximum atomic E-state index is 12.7. The molecule has 2 N–H and O–H groups in total. The van der Waals surface area contributed by atoms with E-state index in [1.54, 1.807) is 6.07 Å². The van der Waals surface area contributed by atoms with Gasteiger partial charge in [-0.3, -0.25) is 4.98 Å². The lowest BCUT2D eigenvalue weighted by Gasteiger charge is -2.18. The first-order chi connectivity index (χ1) is 8.19. The summed E-state index contributed by atoms with van der Waals surface area (Å²) in [5, 5.41) is 12.4. The Hall–Kier alpha value is -1.26. The Balaban J connectivity index is 1.91. The van der Waals surface area contributed by atoms with E-state index in [0.717, 1.165) is 12.1 Å². The van der Waals surface area contributed by atoms with Gasteiger partial charge in [-0.1, -0.05) is 12.2 Å². The van der Waals surface area contributed by atoms with E-state index in [-0.39, 0.29) is 30.4 Å². The van der Waals surface area contributed by atoms with Gasteiger partial charge in [-0.2, -0.15) is 0 Å². The largest absolute Gasteiger partial charge is 0.396 e. The third kappa shape index (κ3) is 3.11. The maximum absolute atomic E-state index is 12.7. The molecule has 0 radical (unpaired) electrons. The van der Waals surface area contributed by atoms with Gasteiger partial charge in [0.2, 0.25) is 0 Å². The second-order valence-corrected chi connectivity index (χ2v) is 4.46. The summed E-state index contributed by atoms with van der Waals surface area (Å²) >= 11 is 0. The monoisotopic (exact) mass is 236 g/mol. The molecule has 0 fully saturated rings. The maximum Gasteiger partial charge on any atom is 0.141 e. The SMILES string of the molecule is CC(N[C@@H]1C=C[C@H](CO)C1)c1ccc(F)cn1. The third-order valence-corrected chi connectivity index (χ3v) is 3.06. The molecule has 0 saturated heterocycles. The van der Waals surface area contributed by atoms with Gasteiger partial charge >= 0.3 is 0 Å². The first-order valence-corrected chi connectivity index (χ1v) is 5.85. The van der Waals surface area contributed by atoms with Crippen LogP contribution in [0.4, 0.5) is 4.39 Å². The Kier molecular flexibility index (Phi) is 3.86. The molecule has 0 saturated carbocycles. The molecule has 2 rings (SSSR count). The van der Waals surface area contributed by atoms with Crippen LogP contribution >= 0.6 is 0 Å². The quantitative estimate of drug-likeness (QED) is 0.784. The molecule has 0 aliphatic heterocycles. The molecular formula is C13H17FN2O. The second kappa shape index (κ2) is 5.38. The summed E-state index contributed by atoms with van der Waals surface area (Å²) in [4.78, 5) is 4.05. The highest BCUT2D eigenvalue weighted by molar-refractivity contribution is 5.12. The molecule has 1 aromatic rings. The number of halogens is 1. The molecule has 3 atom stereocenters. The molecule has 17 heavy (non-hydrogen) atoms. The molecular weight excluding hydrogens is 219 g/mol. The Bertz CT molecular complexity index is 391. The molecule has 1 aromatic heterocycles. The van der Waals surface area contributed by atoms with Gasteiger partial charge < -0.3 is 10.4 Å².